The van der Waals surface area contributed by atoms with Gasteiger partial charge in [0.15, 0.2) is 0 Å². The smallest absolute Gasteiger partial charge is 0.0753 e. The molecule has 1 aliphatic rings. The summed E-state index contributed by atoms with van der Waals surface area (Å²) in [5.74, 6) is 0. The maximum atomic E-state index is 5.71. The summed E-state index contributed by atoms with van der Waals surface area (Å²) in [6.07, 6.45) is 2.54. The molecule has 1 aliphatic heterocycles. The maximum absolute atomic E-state index is 5.71. The molecule has 1 saturated heterocycles. The summed E-state index contributed by atoms with van der Waals surface area (Å²) in [4.78, 5) is 2.53. The van der Waals surface area contributed by atoms with Crippen LogP contribution in [0.15, 0.2) is 0 Å². The minimum Gasteiger partial charge on any atom is -0.373 e. The van der Waals surface area contributed by atoms with Crippen molar-refractivity contribution in [1.82, 2.24) is 10.2 Å². The van der Waals surface area contributed by atoms with Gasteiger partial charge in [-0.05, 0) is 60.5 Å². The summed E-state index contributed by atoms with van der Waals surface area (Å²) in [5.41, 5.74) is 0.295. The van der Waals surface area contributed by atoms with Gasteiger partial charge in [-0.3, -0.25) is 4.90 Å². The second kappa shape index (κ2) is 6.17. The summed E-state index contributed by atoms with van der Waals surface area (Å²) in [5, 5.41) is 3.53. The van der Waals surface area contributed by atoms with E-state index in [2.05, 4.69) is 44.8 Å². The number of rotatable bonds is 5. The standard InChI is InChI=1S/C14H30N2O/c1-13(2,3)15-8-6-7-9-16-10-11-17-14(4,5)12-16/h15H,6-12H2,1-5H3. The van der Waals surface area contributed by atoms with Crippen molar-refractivity contribution in [2.45, 2.75) is 58.6 Å². The molecule has 0 saturated carbocycles. The molecule has 0 radical (unpaired) electrons. The Morgan fingerprint density at radius 1 is 1.24 bits per heavy atom. The second-order valence-electron chi connectivity index (χ2n) is 6.77. The highest BCUT2D eigenvalue weighted by Gasteiger charge is 2.26. The Morgan fingerprint density at radius 3 is 2.53 bits per heavy atom. The van der Waals surface area contributed by atoms with E-state index in [1.807, 2.05) is 0 Å². The fraction of sp³-hybridized carbons (Fsp3) is 1.00. The van der Waals surface area contributed by atoms with Crippen molar-refractivity contribution in [3.8, 4) is 0 Å². The van der Waals surface area contributed by atoms with Gasteiger partial charge in [0.05, 0.1) is 12.2 Å². The molecular formula is C14H30N2O. The zero-order valence-corrected chi connectivity index (χ0v) is 12.3. The normalized spacial score (nSPS) is 21.7. The molecule has 0 aromatic carbocycles. The van der Waals surface area contributed by atoms with E-state index in [4.69, 9.17) is 4.74 Å². The number of nitrogens with zero attached hydrogens (tertiary/aromatic N) is 1. The van der Waals surface area contributed by atoms with Crippen molar-refractivity contribution in [2.75, 3.05) is 32.8 Å². The monoisotopic (exact) mass is 242 g/mol. The highest BCUT2D eigenvalue weighted by atomic mass is 16.5. The van der Waals surface area contributed by atoms with Crippen molar-refractivity contribution in [3.05, 3.63) is 0 Å². The Labute approximate surface area is 107 Å². The molecule has 0 aromatic heterocycles. The molecule has 1 fully saturated rings. The maximum Gasteiger partial charge on any atom is 0.0753 e. The second-order valence-corrected chi connectivity index (χ2v) is 6.77. The molecule has 3 nitrogen and oxygen atoms in total. The molecule has 0 spiro atoms. The number of hydrogen-bond donors (Lipinski definition) is 1. The lowest BCUT2D eigenvalue weighted by Gasteiger charge is -2.38. The minimum atomic E-state index is 0.0436. The van der Waals surface area contributed by atoms with Crippen LogP contribution in [0.3, 0.4) is 0 Å². The van der Waals surface area contributed by atoms with Gasteiger partial charge in [0.1, 0.15) is 0 Å². The Morgan fingerprint density at radius 2 is 1.94 bits per heavy atom. The van der Waals surface area contributed by atoms with Crippen LogP contribution in [-0.4, -0.2) is 48.8 Å². The fourth-order valence-electron chi connectivity index (χ4n) is 2.23. The number of nitrogens with one attached hydrogen (secondary N) is 1. The minimum absolute atomic E-state index is 0.0436. The average Bonchev–Trinajstić information content (AvgIpc) is 2.13. The highest BCUT2D eigenvalue weighted by molar-refractivity contribution is 4.79. The Balaban J connectivity index is 2.07. The number of ether oxygens (including phenoxy) is 1. The van der Waals surface area contributed by atoms with Gasteiger partial charge in [0.2, 0.25) is 0 Å². The Hall–Kier alpha value is -0.120. The van der Waals surface area contributed by atoms with E-state index in [0.29, 0.717) is 0 Å². The van der Waals surface area contributed by atoms with Gasteiger partial charge in [-0.25, -0.2) is 0 Å². The van der Waals surface area contributed by atoms with Crippen LogP contribution in [0.1, 0.15) is 47.5 Å². The van der Waals surface area contributed by atoms with Crippen LogP contribution in [0.5, 0.6) is 0 Å². The summed E-state index contributed by atoms with van der Waals surface area (Å²) >= 11 is 0. The van der Waals surface area contributed by atoms with Crippen LogP contribution in [0, 0.1) is 0 Å². The van der Waals surface area contributed by atoms with Crippen LogP contribution < -0.4 is 5.32 Å². The van der Waals surface area contributed by atoms with E-state index in [0.717, 1.165) is 26.2 Å². The molecule has 0 aromatic rings. The Kier molecular flexibility index (Phi) is 5.42. The van der Waals surface area contributed by atoms with Gasteiger partial charge >= 0.3 is 0 Å². The van der Waals surface area contributed by atoms with Gasteiger partial charge in [-0.15, -0.1) is 0 Å². The summed E-state index contributed by atoms with van der Waals surface area (Å²) in [7, 11) is 0. The molecule has 0 bridgehead atoms. The first-order valence-corrected chi connectivity index (χ1v) is 6.90. The van der Waals surface area contributed by atoms with Crippen molar-refractivity contribution in [3.63, 3.8) is 0 Å². The predicted molar refractivity (Wildman–Crippen MR) is 73.5 cm³/mol. The number of hydrogen-bond acceptors (Lipinski definition) is 3. The summed E-state index contributed by atoms with van der Waals surface area (Å²) in [6, 6.07) is 0. The van der Waals surface area contributed by atoms with Crippen LogP contribution in [0.4, 0.5) is 0 Å². The van der Waals surface area contributed by atoms with E-state index in [-0.39, 0.29) is 11.1 Å². The fourth-order valence-corrected chi connectivity index (χ4v) is 2.23. The van der Waals surface area contributed by atoms with Crippen molar-refractivity contribution < 1.29 is 4.74 Å². The molecule has 17 heavy (non-hydrogen) atoms. The zero-order chi connectivity index (χ0) is 12.9. The number of unbranched alkanes of at least 4 members (excludes halogenated alkanes) is 1. The lowest BCUT2D eigenvalue weighted by atomic mass is 10.1. The molecular weight excluding hydrogens is 212 g/mol. The van der Waals surface area contributed by atoms with Gasteiger partial charge in [0.25, 0.3) is 0 Å². The van der Waals surface area contributed by atoms with Gasteiger partial charge in [-0.2, -0.15) is 0 Å². The van der Waals surface area contributed by atoms with E-state index < -0.39 is 0 Å². The molecule has 102 valence electrons. The summed E-state index contributed by atoms with van der Waals surface area (Å²) in [6.45, 7) is 16.4. The first-order valence-electron chi connectivity index (χ1n) is 6.90. The van der Waals surface area contributed by atoms with Crippen LogP contribution in [-0.2, 0) is 4.74 Å². The first kappa shape index (κ1) is 14.9. The molecule has 0 atom stereocenters. The molecule has 0 aliphatic carbocycles. The van der Waals surface area contributed by atoms with Gasteiger partial charge < -0.3 is 10.1 Å². The molecule has 3 heteroatoms. The molecule has 1 heterocycles. The molecule has 1 N–H and O–H groups in total. The zero-order valence-electron chi connectivity index (χ0n) is 12.3. The van der Waals surface area contributed by atoms with E-state index in [1.165, 1.54) is 19.4 Å². The quantitative estimate of drug-likeness (QED) is 0.749. The van der Waals surface area contributed by atoms with E-state index >= 15 is 0 Å². The number of morpholine rings is 1. The topological polar surface area (TPSA) is 24.5 Å². The van der Waals surface area contributed by atoms with Crippen molar-refractivity contribution in [2.24, 2.45) is 0 Å². The third kappa shape index (κ3) is 7.02. The lowest BCUT2D eigenvalue weighted by molar-refractivity contribution is -0.0860. The largest absolute Gasteiger partial charge is 0.373 e. The third-order valence-corrected chi connectivity index (χ3v) is 3.06. The highest BCUT2D eigenvalue weighted by Crippen LogP contribution is 2.16. The predicted octanol–water partition coefficient (Wildman–Crippen LogP) is 2.27. The van der Waals surface area contributed by atoms with Gasteiger partial charge in [0, 0.05) is 18.6 Å². The average molecular weight is 242 g/mol. The molecule has 0 amide bonds. The SMILES string of the molecule is CC(C)(C)NCCCCN1CCOC(C)(C)C1. The van der Waals surface area contributed by atoms with Crippen molar-refractivity contribution >= 4 is 0 Å². The van der Waals surface area contributed by atoms with E-state index in [1.54, 1.807) is 0 Å². The van der Waals surface area contributed by atoms with Crippen LogP contribution in [0.25, 0.3) is 0 Å². The summed E-state index contributed by atoms with van der Waals surface area (Å²) < 4.78 is 5.71. The van der Waals surface area contributed by atoms with Crippen LogP contribution >= 0.6 is 0 Å². The third-order valence-electron chi connectivity index (χ3n) is 3.06. The Bertz CT molecular complexity index is 221. The lowest BCUT2D eigenvalue weighted by Crippen LogP contribution is -2.48. The van der Waals surface area contributed by atoms with Gasteiger partial charge in [-0.1, -0.05) is 0 Å². The van der Waals surface area contributed by atoms with E-state index in [9.17, 15) is 0 Å². The first-order chi connectivity index (χ1) is 7.79. The van der Waals surface area contributed by atoms with Crippen molar-refractivity contribution in [1.29, 1.82) is 0 Å². The van der Waals surface area contributed by atoms with Crippen LogP contribution in [0.2, 0.25) is 0 Å². The molecule has 0 unspecified atom stereocenters. The molecule has 1 rings (SSSR count).